The number of phenolic OH excluding ortho intramolecular Hbond substituents is 1. The Kier molecular flexibility index (Phi) is 3.55. The Labute approximate surface area is 86.4 Å². The number of aryl methyl sites for hydroxylation is 1. The third-order valence-corrected chi connectivity index (χ3v) is 2.26. The fourth-order valence-electron chi connectivity index (χ4n) is 1.05. The Hall–Kier alpha value is -1.47. The molecule has 3 nitrogen and oxygen atoms in total. The lowest BCUT2D eigenvalue weighted by atomic mass is 10.1. The first-order valence-electron chi connectivity index (χ1n) is 3.99. The van der Waals surface area contributed by atoms with Gasteiger partial charge >= 0.3 is 0 Å². The van der Waals surface area contributed by atoms with E-state index in [2.05, 4.69) is 0 Å². The van der Waals surface area contributed by atoms with Crippen LogP contribution >= 0.6 is 11.8 Å². The SMILES string of the molecule is Cc1ccc(C(=O)CSC#N)c(O)c1. The zero-order valence-electron chi connectivity index (χ0n) is 7.65. The van der Waals surface area contributed by atoms with Gasteiger partial charge in [-0.1, -0.05) is 6.07 Å². The van der Waals surface area contributed by atoms with Crippen molar-refractivity contribution in [2.24, 2.45) is 0 Å². The van der Waals surface area contributed by atoms with Gasteiger partial charge in [-0.2, -0.15) is 5.26 Å². The quantitative estimate of drug-likeness (QED) is 0.609. The molecule has 0 aromatic heterocycles. The normalized spacial score (nSPS) is 9.43. The number of rotatable bonds is 3. The number of nitriles is 1. The third kappa shape index (κ3) is 2.51. The van der Waals surface area contributed by atoms with Gasteiger partial charge in [0, 0.05) is 0 Å². The molecule has 0 unspecified atom stereocenters. The molecule has 0 saturated carbocycles. The second kappa shape index (κ2) is 4.68. The summed E-state index contributed by atoms with van der Waals surface area (Å²) in [6.45, 7) is 1.83. The van der Waals surface area contributed by atoms with E-state index in [1.54, 1.807) is 12.1 Å². The average Bonchev–Trinajstić information content (AvgIpc) is 2.14. The molecule has 0 heterocycles. The molecule has 4 heteroatoms. The predicted octanol–water partition coefficient (Wildman–Crippen LogP) is 2.10. The fourth-order valence-corrected chi connectivity index (χ4v) is 1.40. The first kappa shape index (κ1) is 10.6. The molecular weight excluding hydrogens is 198 g/mol. The lowest BCUT2D eigenvalue weighted by molar-refractivity contribution is 0.102. The zero-order valence-corrected chi connectivity index (χ0v) is 8.47. The van der Waals surface area contributed by atoms with Crippen LogP contribution in [-0.4, -0.2) is 16.6 Å². The van der Waals surface area contributed by atoms with Crippen LogP contribution < -0.4 is 0 Å². The monoisotopic (exact) mass is 207 g/mol. The molecule has 0 bridgehead atoms. The molecule has 0 aliphatic carbocycles. The first-order chi connectivity index (χ1) is 6.65. The van der Waals surface area contributed by atoms with E-state index < -0.39 is 0 Å². The molecule has 0 aliphatic rings. The fraction of sp³-hybridized carbons (Fsp3) is 0.200. The van der Waals surface area contributed by atoms with Crippen molar-refractivity contribution in [2.45, 2.75) is 6.92 Å². The van der Waals surface area contributed by atoms with Gasteiger partial charge in [-0.05, 0) is 36.4 Å². The van der Waals surface area contributed by atoms with Crippen molar-refractivity contribution in [3.8, 4) is 11.2 Å². The van der Waals surface area contributed by atoms with Crippen molar-refractivity contribution in [3.05, 3.63) is 29.3 Å². The number of thioether (sulfide) groups is 1. The number of thiocyanates is 1. The van der Waals surface area contributed by atoms with Crippen LogP contribution in [0.1, 0.15) is 15.9 Å². The van der Waals surface area contributed by atoms with Crippen molar-refractivity contribution in [3.63, 3.8) is 0 Å². The topological polar surface area (TPSA) is 61.1 Å². The van der Waals surface area contributed by atoms with Crippen LogP contribution in [0.25, 0.3) is 0 Å². The number of phenols is 1. The number of Topliss-reactive ketones (excluding diaryl/α,β-unsaturated/α-hetero) is 1. The van der Waals surface area contributed by atoms with E-state index in [-0.39, 0.29) is 22.8 Å². The summed E-state index contributed by atoms with van der Waals surface area (Å²) in [6.07, 6.45) is 0. The molecule has 0 fully saturated rings. The summed E-state index contributed by atoms with van der Waals surface area (Å²) in [5.41, 5.74) is 1.17. The molecule has 14 heavy (non-hydrogen) atoms. The standard InChI is InChI=1S/C10H9NO2S/c1-7-2-3-8(9(12)4-7)10(13)5-14-6-11/h2-4,12H,5H2,1H3. The van der Waals surface area contributed by atoms with Gasteiger partial charge in [-0.15, -0.1) is 0 Å². The smallest absolute Gasteiger partial charge is 0.177 e. The first-order valence-corrected chi connectivity index (χ1v) is 4.97. The number of benzene rings is 1. The highest BCUT2D eigenvalue weighted by molar-refractivity contribution is 8.04. The molecule has 0 radical (unpaired) electrons. The van der Waals surface area contributed by atoms with Gasteiger partial charge < -0.3 is 5.11 Å². The van der Waals surface area contributed by atoms with Gasteiger partial charge in [-0.3, -0.25) is 4.79 Å². The van der Waals surface area contributed by atoms with Crippen LogP contribution in [0.15, 0.2) is 18.2 Å². The minimum absolute atomic E-state index is 0.0199. The number of nitrogens with zero attached hydrogens (tertiary/aromatic N) is 1. The van der Waals surface area contributed by atoms with Crippen LogP contribution in [0, 0.1) is 17.6 Å². The molecule has 0 aliphatic heterocycles. The van der Waals surface area contributed by atoms with Crippen LogP contribution in [0.4, 0.5) is 0 Å². The Morgan fingerprint density at radius 1 is 1.64 bits per heavy atom. The second-order valence-corrected chi connectivity index (χ2v) is 3.58. The van der Waals surface area contributed by atoms with Gasteiger partial charge in [0.2, 0.25) is 0 Å². The predicted molar refractivity (Wildman–Crippen MR) is 55.2 cm³/mol. The molecule has 1 rings (SSSR count). The van der Waals surface area contributed by atoms with Crippen LogP contribution in [0.2, 0.25) is 0 Å². The summed E-state index contributed by atoms with van der Waals surface area (Å²) >= 11 is 0.869. The maximum absolute atomic E-state index is 11.4. The Morgan fingerprint density at radius 3 is 2.93 bits per heavy atom. The zero-order chi connectivity index (χ0) is 10.6. The summed E-state index contributed by atoms with van der Waals surface area (Å²) in [4.78, 5) is 11.4. The highest BCUT2D eigenvalue weighted by Gasteiger charge is 2.10. The number of aromatic hydroxyl groups is 1. The maximum Gasteiger partial charge on any atom is 0.177 e. The average molecular weight is 207 g/mol. The summed E-state index contributed by atoms with van der Waals surface area (Å²) in [6, 6.07) is 4.86. The summed E-state index contributed by atoms with van der Waals surface area (Å²) in [5.74, 6) is -0.171. The molecule has 72 valence electrons. The van der Waals surface area contributed by atoms with E-state index in [0.29, 0.717) is 0 Å². The van der Waals surface area contributed by atoms with Crippen molar-refractivity contribution in [1.29, 1.82) is 5.26 Å². The van der Waals surface area contributed by atoms with Gasteiger partial charge in [0.15, 0.2) is 5.78 Å². The van der Waals surface area contributed by atoms with Crippen molar-refractivity contribution in [1.82, 2.24) is 0 Å². The summed E-state index contributed by atoms with van der Waals surface area (Å²) in [7, 11) is 0. The molecule has 1 aromatic rings. The van der Waals surface area contributed by atoms with Crippen molar-refractivity contribution < 1.29 is 9.90 Å². The number of hydrogen-bond donors (Lipinski definition) is 1. The Bertz CT molecular complexity index is 396. The Balaban J connectivity index is 2.86. The molecule has 1 aromatic carbocycles. The number of carbonyl (C=O) groups excluding carboxylic acids is 1. The third-order valence-electron chi connectivity index (χ3n) is 1.72. The van der Waals surface area contributed by atoms with Crippen molar-refractivity contribution >= 4 is 17.5 Å². The van der Waals surface area contributed by atoms with E-state index in [0.717, 1.165) is 17.3 Å². The number of hydrogen-bond acceptors (Lipinski definition) is 4. The molecule has 0 saturated heterocycles. The Morgan fingerprint density at radius 2 is 2.36 bits per heavy atom. The molecule has 0 spiro atoms. The minimum Gasteiger partial charge on any atom is -0.507 e. The van der Waals surface area contributed by atoms with Crippen molar-refractivity contribution in [2.75, 3.05) is 5.75 Å². The molecule has 1 N–H and O–H groups in total. The lowest BCUT2D eigenvalue weighted by Crippen LogP contribution is -2.02. The largest absolute Gasteiger partial charge is 0.507 e. The summed E-state index contributed by atoms with van der Waals surface area (Å²) < 4.78 is 0. The minimum atomic E-state index is -0.228. The number of ketones is 1. The number of carbonyl (C=O) groups is 1. The summed E-state index contributed by atoms with van der Waals surface area (Å²) in [5, 5.41) is 19.5. The van der Waals surface area contributed by atoms with Crippen LogP contribution in [0.5, 0.6) is 5.75 Å². The van der Waals surface area contributed by atoms with Crippen LogP contribution in [0.3, 0.4) is 0 Å². The maximum atomic E-state index is 11.4. The molecule has 0 atom stereocenters. The van der Waals surface area contributed by atoms with E-state index in [1.165, 1.54) is 6.07 Å². The van der Waals surface area contributed by atoms with E-state index >= 15 is 0 Å². The van der Waals surface area contributed by atoms with E-state index in [1.807, 2.05) is 12.3 Å². The van der Waals surface area contributed by atoms with Gasteiger partial charge in [-0.25, -0.2) is 0 Å². The second-order valence-electron chi connectivity index (χ2n) is 2.82. The van der Waals surface area contributed by atoms with Gasteiger partial charge in [0.05, 0.1) is 11.3 Å². The lowest BCUT2D eigenvalue weighted by Gasteiger charge is -2.02. The van der Waals surface area contributed by atoms with E-state index in [4.69, 9.17) is 5.26 Å². The highest BCUT2D eigenvalue weighted by atomic mass is 32.2. The van der Waals surface area contributed by atoms with Crippen LogP contribution in [-0.2, 0) is 0 Å². The van der Waals surface area contributed by atoms with Gasteiger partial charge in [0.1, 0.15) is 11.2 Å². The van der Waals surface area contributed by atoms with Gasteiger partial charge in [0.25, 0.3) is 0 Å². The molecular formula is C10H9NO2S. The highest BCUT2D eigenvalue weighted by Crippen LogP contribution is 2.20. The molecule has 0 amide bonds. The van der Waals surface area contributed by atoms with E-state index in [9.17, 15) is 9.90 Å².